The Hall–Kier alpha value is -0.910. The quantitative estimate of drug-likeness (QED) is 0.663. The van der Waals surface area contributed by atoms with Gasteiger partial charge >= 0.3 is 0 Å². The number of benzene rings is 2. The summed E-state index contributed by atoms with van der Waals surface area (Å²) in [6.45, 7) is 5.09. The second-order valence-electron chi connectivity index (χ2n) is 4.65. The van der Waals surface area contributed by atoms with Crippen LogP contribution in [0.25, 0.3) is 0 Å². The number of hydrogen-bond donors (Lipinski definition) is 1. The summed E-state index contributed by atoms with van der Waals surface area (Å²) in [6, 6.07) is 10.5. The first kappa shape index (κ1) is 16.5. The number of nitrogens with one attached hydrogen (secondary N) is 1. The molecule has 0 saturated heterocycles. The maximum atomic E-state index is 13.3. The molecule has 21 heavy (non-hydrogen) atoms. The third-order valence-corrected chi connectivity index (χ3v) is 4.35. The van der Waals surface area contributed by atoms with Crippen LogP contribution >= 0.6 is 31.9 Å². The molecule has 0 heterocycles. The lowest BCUT2D eigenvalue weighted by Crippen LogP contribution is -2.17. The SMILES string of the molecule is CCNC(C)c1ccc(Oc2cc(F)ccc2Br)c(Br)c1. The maximum Gasteiger partial charge on any atom is 0.144 e. The molecule has 1 unspecified atom stereocenters. The second-order valence-corrected chi connectivity index (χ2v) is 6.35. The van der Waals surface area contributed by atoms with Gasteiger partial charge in [0.15, 0.2) is 0 Å². The highest BCUT2D eigenvalue weighted by Crippen LogP contribution is 2.35. The third kappa shape index (κ3) is 4.28. The molecule has 1 N–H and O–H groups in total. The Balaban J connectivity index is 2.23. The Morgan fingerprint density at radius 3 is 2.52 bits per heavy atom. The Morgan fingerprint density at radius 2 is 1.86 bits per heavy atom. The van der Waals surface area contributed by atoms with Crippen LogP contribution in [0.2, 0.25) is 0 Å². The first-order valence-electron chi connectivity index (χ1n) is 6.67. The summed E-state index contributed by atoms with van der Waals surface area (Å²) in [6.07, 6.45) is 0. The molecule has 0 aromatic heterocycles. The highest BCUT2D eigenvalue weighted by molar-refractivity contribution is 9.11. The van der Waals surface area contributed by atoms with Crippen LogP contribution in [0.3, 0.4) is 0 Å². The van der Waals surface area contributed by atoms with Crippen LogP contribution in [0.4, 0.5) is 4.39 Å². The molecule has 1 atom stereocenters. The summed E-state index contributed by atoms with van der Waals surface area (Å²) >= 11 is 6.86. The van der Waals surface area contributed by atoms with Gasteiger partial charge in [0.1, 0.15) is 17.3 Å². The Labute approximate surface area is 141 Å². The third-order valence-electron chi connectivity index (χ3n) is 3.08. The zero-order valence-corrected chi connectivity index (χ0v) is 15.0. The van der Waals surface area contributed by atoms with Crippen LogP contribution in [0.5, 0.6) is 11.5 Å². The zero-order chi connectivity index (χ0) is 15.4. The van der Waals surface area contributed by atoms with E-state index in [2.05, 4.69) is 51.0 Å². The summed E-state index contributed by atoms with van der Waals surface area (Å²) in [5.41, 5.74) is 1.16. The molecule has 2 nitrogen and oxygen atoms in total. The van der Waals surface area contributed by atoms with E-state index >= 15 is 0 Å². The number of halogens is 3. The summed E-state index contributed by atoms with van der Waals surface area (Å²) in [4.78, 5) is 0. The van der Waals surface area contributed by atoms with E-state index in [1.807, 2.05) is 18.2 Å². The standard InChI is InChI=1S/C16H16Br2FNO/c1-3-20-10(2)11-4-7-15(14(18)8-11)21-16-9-12(19)5-6-13(16)17/h4-10,20H,3H2,1-2H3. The van der Waals surface area contributed by atoms with Crippen LogP contribution in [0.1, 0.15) is 25.5 Å². The average Bonchev–Trinajstić information content (AvgIpc) is 2.45. The van der Waals surface area contributed by atoms with Gasteiger partial charge in [0.25, 0.3) is 0 Å². The largest absolute Gasteiger partial charge is 0.455 e. The second kappa shape index (κ2) is 7.38. The first-order valence-corrected chi connectivity index (χ1v) is 8.25. The molecule has 0 aliphatic carbocycles. The minimum Gasteiger partial charge on any atom is -0.455 e. The van der Waals surface area contributed by atoms with Crippen molar-refractivity contribution >= 4 is 31.9 Å². The molecule has 0 bridgehead atoms. The molecule has 2 aromatic rings. The van der Waals surface area contributed by atoms with Gasteiger partial charge in [-0.1, -0.05) is 13.0 Å². The van der Waals surface area contributed by atoms with Gasteiger partial charge in [-0.3, -0.25) is 0 Å². The average molecular weight is 417 g/mol. The van der Waals surface area contributed by atoms with E-state index in [4.69, 9.17) is 4.74 Å². The van der Waals surface area contributed by atoms with Gasteiger partial charge in [0, 0.05) is 12.1 Å². The minimum absolute atomic E-state index is 0.265. The predicted octanol–water partition coefficient (Wildman–Crippen LogP) is 5.81. The fourth-order valence-electron chi connectivity index (χ4n) is 1.97. The summed E-state index contributed by atoms with van der Waals surface area (Å²) in [5, 5.41) is 3.36. The van der Waals surface area contributed by atoms with Crippen molar-refractivity contribution in [2.45, 2.75) is 19.9 Å². The van der Waals surface area contributed by atoms with E-state index in [9.17, 15) is 4.39 Å². The molecule has 0 saturated carbocycles. The van der Waals surface area contributed by atoms with E-state index < -0.39 is 0 Å². The van der Waals surface area contributed by atoms with Crippen LogP contribution in [-0.2, 0) is 0 Å². The zero-order valence-electron chi connectivity index (χ0n) is 11.8. The normalized spacial score (nSPS) is 12.2. The summed E-state index contributed by atoms with van der Waals surface area (Å²) < 4.78 is 20.6. The van der Waals surface area contributed by atoms with Gasteiger partial charge in [-0.2, -0.15) is 0 Å². The first-order chi connectivity index (χ1) is 10.0. The van der Waals surface area contributed by atoms with Crippen LogP contribution in [-0.4, -0.2) is 6.54 Å². The smallest absolute Gasteiger partial charge is 0.144 e. The summed E-state index contributed by atoms with van der Waals surface area (Å²) in [7, 11) is 0. The highest BCUT2D eigenvalue weighted by Gasteiger charge is 2.10. The van der Waals surface area contributed by atoms with Crippen LogP contribution in [0, 0.1) is 5.82 Å². The molecular weight excluding hydrogens is 401 g/mol. The van der Waals surface area contributed by atoms with Crippen LogP contribution < -0.4 is 10.1 Å². The predicted molar refractivity (Wildman–Crippen MR) is 90.4 cm³/mol. The molecule has 0 amide bonds. The van der Waals surface area contributed by atoms with Crippen molar-refractivity contribution in [1.82, 2.24) is 5.32 Å². The van der Waals surface area contributed by atoms with Gasteiger partial charge in [0.05, 0.1) is 8.95 Å². The lowest BCUT2D eigenvalue weighted by atomic mass is 10.1. The van der Waals surface area contributed by atoms with E-state index in [-0.39, 0.29) is 11.9 Å². The molecule has 0 fully saturated rings. The van der Waals surface area contributed by atoms with Gasteiger partial charge in [-0.25, -0.2) is 4.39 Å². The molecule has 0 aliphatic rings. The summed E-state index contributed by atoms with van der Waals surface area (Å²) in [5.74, 6) is 0.763. The Kier molecular flexibility index (Phi) is 5.79. The van der Waals surface area contributed by atoms with Crippen molar-refractivity contribution in [2.24, 2.45) is 0 Å². The Morgan fingerprint density at radius 1 is 1.10 bits per heavy atom. The van der Waals surface area contributed by atoms with E-state index in [1.54, 1.807) is 6.07 Å². The minimum atomic E-state index is -0.332. The van der Waals surface area contributed by atoms with Gasteiger partial charge < -0.3 is 10.1 Å². The van der Waals surface area contributed by atoms with Crippen molar-refractivity contribution in [2.75, 3.05) is 6.54 Å². The van der Waals surface area contributed by atoms with Crippen molar-refractivity contribution in [1.29, 1.82) is 0 Å². The molecule has 112 valence electrons. The maximum absolute atomic E-state index is 13.3. The van der Waals surface area contributed by atoms with E-state index in [0.717, 1.165) is 16.6 Å². The molecule has 0 aliphatic heterocycles. The molecule has 2 rings (SSSR count). The van der Waals surface area contributed by atoms with Crippen LogP contribution in [0.15, 0.2) is 45.3 Å². The Bertz CT molecular complexity index is 634. The number of hydrogen-bond acceptors (Lipinski definition) is 2. The van der Waals surface area contributed by atoms with Gasteiger partial charge in [-0.05, 0) is 75.2 Å². The monoisotopic (exact) mass is 415 g/mol. The van der Waals surface area contributed by atoms with Crippen molar-refractivity contribution in [3.8, 4) is 11.5 Å². The lowest BCUT2D eigenvalue weighted by molar-refractivity contribution is 0.470. The van der Waals surface area contributed by atoms with E-state index in [0.29, 0.717) is 16.0 Å². The fraction of sp³-hybridized carbons (Fsp3) is 0.250. The molecule has 0 spiro atoms. The van der Waals surface area contributed by atoms with Gasteiger partial charge in [0.2, 0.25) is 0 Å². The number of ether oxygens (including phenoxy) is 1. The molecule has 0 radical (unpaired) electrons. The fourth-order valence-corrected chi connectivity index (χ4v) is 2.77. The molecule has 5 heteroatoms. The van der Waals surface area contributed by atoms with Crippen molar-refractivity contribution in [3.63, 3.8) is 0 Å². The lowest BCUT2D eigenvalue weighted by Gasteiger charge is -2.15. The van der Waals surface area contributed by atoms with E-state index in [1.165, 1.54) is 12.1 Å². The number of rotatable bonds is 5. The highest BCUT2D eigenvalue weighted by atomic mass is 79.9. The van der Waals surface area contributed by atoms with Crippen molar-refractivity contribution < 1.29 is 9.13 Å². The topological polar surface area (TPSA) is 21.3 Å². The van der Waals surface area contributed by atoms with Gasteiger partial charge in [-0.15, -0.1) is 0 Å². The molecule has 2 aromatic carbocycles. The van der Waals surface area contributed by atoms with Crippen molar-refractivity contribution in [3.05, 3.63) is 56.7 Å². The molecular formula is C16H16Br2FNO.